The van der Waals surface area contributed by atoms with E-state index in [4.69, 9.17) is 10.7 Å². The van der Waals surface area contributed by atoms with E-state index in [0.717, 1.165) is 17.6 Å². The minimum absolute atomic E-state index is 0.485. The summed E-state index contributed by atoms with van der Waals surface area (Å²) in [5.41, 5.74) is 8.89. The molecule has 0 bridgehead atoms. The van der Waals surface area contributed by atoms with Crippen LogP contribution >= 0.6 is 0 Å². The van der Waals surface area contributed by atoms with Crippen LogP contribution in [0.15, 0.2) is 18.2 Å². The minimum Gasteiger partial charge on any atom is -0.399 e. The summed E-state index contributed by atoms with van der Waals surface area (Å²) in [5.74, 6) is 1.86. The van der Waals surface area contributed by atoms with Gasteiger partial charge in [-0.05, 0) is 31.0 Å². The average molecular weight is 259 g/mol. The first-order valence-electron chi connectivity index (χ1n) is 7.38. The zero-order chi connectivity index (χ0) is 14.0. The number of anilines is 1. The van der Waals surface area contributed by atoms with Crippen LogP contribution in [0.1, 0.15) is 52.4 Å². The van der Waals surface area contributed by atoms with E-state index in [0.29, 0.717) is 12.0 Å². The van der Waals surface area contributed by atoms with Gasteiger partial charge in [0.1, 0.15) is 5.82 Å². The monoisotopic (exact) mass is 259 g/mol. The Morgan fingerprint density at radius 2 is 1.89 bits per heavy atom. The molecule has 0 saturated heterocycles. The Morgan fingerprint density at radius 1 is 1.21 bits per heavy atom. The second-order valence-corrected chi connectivity index (χ2v) is 5.32. The van der Waals surface area contributed by atoms with Gasteiger partial charge in [0.05, 0.1) is 11.0 Å². The van der Waals surface area contributed by atoms with E-state index in [1.807, 2.05) is 12.1 Å². The summed E-state index contributed by atoms with van der Waals surface area (Å²) in [7, 11) is 0. The van der Waals surface area contributed by atoms with Crippen molar-refractivity contribution in [3.63, 3.8) is 0 Å². The molecule has 1 atom stereocenters. The van der Waals surface area contributed by atoms with Crippen LogP contribution in [0.5, 0.6) is 0 Å². The Morgan fingerprint density at radius 3 is 2.47 bits per heavy atom. The zero-order valence-corrected chi connectivity index (χ0v) is 12.5. The molecule has 104 valence electrons. The number of benzene rings is 1. The fourth-order valence-corrected chi connectivity index (χ4v) is 3.05. The van der Waals surface area contributed by atoms with Gasteiger partial charge in [-0.1, -0.05) is 33.6 Å². The number of aromatic nitrogens is 2. The van der Waals surface area contributed by atoms with Gasteiger partial charge in [0.25, 0.3) is 0 Å². The van der Waals surface area contributed by atoms with Gasteiger partial charge < -0.3 is 10.3 Å². The molecule has 0 spiro atoms. The highest BCUT2D eigenvalue weighted by Gasteiger charge is 2.20. The van der Waals surface area contributed by atoms with Crippen molar-refractivity contribution in [2.45, 2.75) is 53.0 Å². The fraction of sp³-hybridized carbons (Fsp3) is 0.562. The standard InChI is InChI=1S/C16H25N3/c1-5-12(6-2)11(4)19-15-9-8-13(17)10-14(15)18-16(19)7-3/h8-12H,5-7,17H2,1-4H3. The number of rotatable bonds is 5. The van der Waals surface area contributed by atoms with Crippen molar-refractivity contribution in [2.24, 2.45) is 5.92 Å². The molecule has 0 aliphatic rings. The van der Waals surface area contributed by atoms with Gasteiger partial charge in [0.15, 0.2) is 0 Å². The van der Waals surface area contributed by atoms with Gasteiger partial charge in [0, 0.05) is 18.2 Å². The molecule has 3 heteroatoms. The topological polar surface area (TPSA) is 43.8 Å². The van der Waals surface area contributed by atoms with E-state index in [-0.39, 0.29) is 0 Å². The molecular weight excluding hydrogens is 234 g/mol. The van der Waals surface area contributed by atoms with Crippen molar-refractivity contribution in [1.82, 2.24) is 9.55 Å². The van der Waals surface area contributed by atoms with Gasteiger partial charge in [-0.2, -0.15) is 0 Å². The Labute approximate surface area is 115 Å². The summed E-state index contributed by atoms with van der Waals surface area (Å²) in [4.78, 5) is 4.75. The molecule has 1 heterocycles. The van der Waals surface area contributed by atoms with Crippen molar-refractivity contribution in [3.05, 3.63) is 24.0 Å². The Balaban J connectivity index is 2.57. The number of hydrogen-bond acceptors (Lipinski definition) is 2. The predicted octanol–water partition coefficient (Wildman–Crippen LogP) is 4.18. The molecule has 2 N–H and O–H groups in total. The summed E-state index contributed by atoms with van der Waals surface area (Å²) in [6, 6.07) is 6.54. The smallest absolute Gasteiger partial charge is 0.109 e. The average Bonchev–Trinajstić information content (AvgIpc) is 2.77. The third-order valence-corrected chi connectivity index (χ3v) is 4.24. The maximum absolute atomic E-state index is 5.86. The van der Waals surface area contributed by atoms with Crippen LogP contribution in [-0.2, 0) is 6.42 Å². The quantitative estimate of drug-likeness (QED) is 0.819. The zero-order valence-electron chi connectivity index (χ0n) is 12.5. The second-order valence-electron chi connectivity index (χ2n) is 5.32. The number of nitrogens with zero attached hydrogens (tertiary/aromatic N) is 2. The number of nitrogens with two attached hydrogens (primary N) is 1. The lowest BCUT2D eigenvalue weighted by molar-refractivity contribution is 0.333. The van der Waals surface area contributed by atoms with E-state index in [1.165, 1.54) is 24.2 Å². The molecule has 0 fully saturated rings. The van der Waals surface area contributed by atoms with Gasteiger partial charge in [0.2, 0.25) is 0 Å². The number of nitrogen functional groups attached to an aromatic ring is 1. The molecule has 2 rings (SSSR count). The minimum atomic E-state index is 0.485. The molecule has 1 unspecified atom stereocenters. The largest absolute Gasteiger partial charge is 0.399 e. The molecule has 0 amide bonds. The van der Waals surface area contributed by atoms with E-state index >= 15 is 0 Å². The molecule has 0 radical (unpaired) electrons. The maximum atomic E-state index is 5.86. The molecule has 1 aromatic carbocycles. The van der Waals surface area contributed by atoms with Crippen LogP contribution in [0.2, 0.25) is 0 Å². The van der Waals surface area contributed by atoms with Crippen molar-refractivity contribution in [1.29, 1.82) is 0 Å². The third-order valence-electron chi connectivity index (χ3n) is 4.24. The van der Waals surface area contributed by atoms with Crippen LogP contribution in [0, 0.1) is 5.92 Å². The van der Waals surface area contributed by atoms with Crippen molar-refractivity contribution < 1.29 is 0 Å². The highest BCUT2D eigenvalue weighted by molar-refractivity contribution is 5.79. The number of fused-ring (bicyclic) bond motifs is 1. The summed E-state index contributed by atoms with van der Waals surface area (Å²) in [6.45, 7) is 9.02. The molecule has 3 nitrogen and oxygen atoms in total. The summed E-state index contributed by atoms with van der Waals surface area (Å²) in [5, 5.41) is 0. The molecule has 19 heavy (non-hydrogen) atoms. The van der Waals surface area contributed by atoms with Gasteiger partial charge >= 0.3 is 0 Å². The maximum Gasteiger partial charge on any atom is 0.109 e. The van der Waals surface area contributed by atoms with Gasteiger partial charge in [-0.15, -0.1) is 0 Å². The summed E-state index contributed by atoms with van der Waals surface area (Å²) >= 11 is 0. The lowest BCUT2D eigenvalue weighted by Crippen LogP contribution is -2.17. The highest BCUT2D eigenvalue weighted by atomic mass is 15.1. The van der Waals surface area contributed by atoms with Crippen LogP contribution in [0.4, 0.5) is 5.69 Å². The van der Waals surface area contributed by atoms with Crippen molar-refractivity contribution >= 4 is 16.7 Å². The third kappa shape index (κ3) is 2.46. The van der Waals surface area contributed by atoms with Gasteiger partial charge in [-0.3, -0.25) is 0 Å². The van der Waals surface area contributed by atoms with Crippen molar-refractivity contribution in [2.75, 3.05) is 5.73 Å². The predicted molar refractivity (Wildman–Crippen MR) is 82.3 cm³/mol. The second kappa shape index (κ2) is 5.64. The van der Waals surface area contributed by atoms with Gasteiger partial charge in [-0.25, -0.2) is 4.98 Å². The van der Waals surface area contributed by atoms with E-state index in [2.05, 4.69) is 38.3 Å². The summed E-state index contributed by atoms with van der Waals surface area (Å²) < 4.78 is 2.41. The number of imidazole rings is 1. The first kappa shape index (κ1) is 13.9. The number of aryl methyl sites for hydroxylation is 1. The molecule has 2 aromatic rings. The first-order valence-corrected chi connectivity index (χ1v) is 7.38. The van der Waals surface area contributed by atoms with Crippen LogP contribution in [0.3, 0.4) is 0 Å². The number of hydrogen-bond donors (Lipinski definition) is 1. The lowest BCUT2D eigenvalue weighted by Gasteiger charge is -2.25. The Hall–Kier alpha value is -1.51. The molecule has 1 aromatic heterocycles. The summed E-state index contributed by atoms with van der Waals surface area (Å²) in [6.07, 6.45) is 3.37. The normalized spacial score (nSPS) is 13.3. The van der Waals surface area contributed by atoms with E-state index in [9.17, 15) is 0 Å². The molecule has 0 aliphatic heterocycles. The van der Waals surface area contributed by atoms with Crippen LogP contribution < -0.4 is 5.73 Å². The SMILES string of the molecule is CCc1nc2cc(N)ccc2n1C(C)C(CC)CC. The van der Waals surface area contributed by atoms with Crippen molar-refractivity contribution in [3.8, 4) is 0 Å². The molecule has 0 aliphatic carbocycles. The van der Waals surface area contributed by atoms with Crippen LogP contribution in [0.25, 0.3) is 11.0 Å². The van der Waals surface area contributed by atoms with E-state index < -0.39 is 0 Å². The molecule has 0 saturated carbocycles. The lowest BCUT2D eigenvalue weighted by atomic mass is 9.95. The fourth-order valence-electron chi connectivity index (χ4n) is 3.05. The van der Waals surface area contributed by atoms with E-state index in [1.54, 1.807) is 0 Å². The highest BCUT2D eigenvalue weighted by Crippen LogP contribution is 2.30. The Bertz CT molecular complexity index is 552. The van der Waals surface area contributed by atoms with Crippen LogP contribution in [-0.4, -0.2) is 9.55 Å². The Kier molecular flexibility index (Phi) is 4.13. The first-order chi connectivity index (χ1) is 9.12. The molecular formula is C16H25N3.